The molecule has 0 spiro atoms. The standard InChI is InChI=1S/C42H72O13/c1-21(2)10-9-14-42(8,51)22-11-16-41(7)29(22)23(45)18-27-39(5)15-13-28(38(3,4)26(39)12-17-40(27,41)6)54-37-35(33(49)31(47)25(20-44)53-37)55-36-34(50)32(48)30(46)24(19-43)52-36/h10,22-37,43-51H,9,11-20H2,1-8H3/t22-,23+,24+,25+,26+,27+,28+,29-,30+,31+,32-,33-,34+,35+,36-,37-,39+,40+,41+,42+/m0/s1. The van der Waals surface area contributed by atoms with Crippen molar-refractivity contribution in [2.24, 2.45) is 45.3 Å². The van der Waals surface area contributed by atoms with Crippen LogP contribution in [0.2, 0.25) is 0 Å². The van der Waals surface area contributed by atoms with Gasteiger partial charge in [0.15, 0.2) is 12.6 Å². The molecular formula is C42H72O13. The van der Waals surface area contributed by atoms with E-state index >= 15 is 0 Å². The maximum absolute atomic E-state index is 12.2. The molecule has 55 heavy (non-hydrogen) atoms. The minimum Gasteiger partial charge on any atom is -0.394 e. The van der Waals surface area contributed by atoms with Crippen molar-refractivity contribution in [3.05, 3.63) is 11.6 Å². The van der Waals surface area contributed by atoms with Crippen LogP contribution in [-0.4, -0.2) is 138 Å². The van der Waals surface area contributed by atoms with Gasteiger partial charge in [0.05, 0.1) is 31.0 Å². The summed E-state index contributed by atoms with van der Waals surface area (Å²) in [5.41, 5.74) is -0.405. The number of aliphatic hydroxyl groups is 9. The lowest BCUT2D eigenvalue weighted by atomic mass is 9.35. The molecule has 0 aromatic heterocycles. The summed E-state index contributed by atoms with van der Waals surface area (Å²) in [6.07, 6.45) is -6.48. The second kappa shape index (κ2) is 15.7. The van der Waals surface area contributed by atoms with Crippen LogP contribution in [0, 0.1) is 45.3 Å². The number of aliphatic hydroxyl groups excluding tert-OH is 8. The van der Waals surface area contributed by atoms with Crippen molar-refractivity contribution in [1.29, 1.82) is 0 Å². The molecule has 6 aliphatic rings. The van der Waals surface area contributed by atoms with E-state index in [-0.39, 0.29) is 39.9 Å². The Kier molecular flexibility index (Phi) is 12.5. The molecule has 0 unspecified atom stereocenters. The number of hydrogen-bond donors (Lipinski definition) is 9. The molecular weight excluding hydrogens is 712 g/mol. The lowest BCUT2D eigenvalue weighted by Gasteiger charge is -2.70. The van der Waals surface area contributed by atoms with Crippen molar-refractivity contribution < 1.29 is 64.9 Å². The first-order valence-corrected chi connectivity index (χ1v) is 20.9. The molecule has 13 nitrogen and oxygen atoms in total. The van der Waals surface area contributed by atoms with Crippen molar-refractivity contribution in [1.82, 2.24) is 0 Å². The van der Waals surface area contributed by atoms with Crippen LogP contribution in [-0.2, 0) is 18.9 Å². The summed E-state index contributed by atoms with van der Waals surface area (Å²) < 4.78 is 24.4. The predicted octanol–water partition coefficient (Wildman–Crippen LogP) is 2.15. The molecule has 4 saturated carbocycles. The maximum atomic E-state index is 12.2. The van der Waals surface area contributed by atoms with E-state index in [0.717, 1.165) is 38.5 Å². The first-order valence-electron chi connectivity index (χ1n) is 20.9. The van der Waals surface area contributed by atoms with Crippen LogP contribution < -0.4 is 0 Å². The van der Waals surface area contributed by atoms with Crippen LogP contribution >= 0.6 is 0 Å². The molecule has 0 aromatic carbocycles. The Balaban J connectivity index is 1.23. The summed E-state index contributed by atoms with van der Waals surface area (Å²) in [4.78, 5) is 0. The zero-order chi connectivity index (χ0) is 40.6. The fourth-order valence-electron chi connectivity index (χ4n) is 13.3. The monoisotopic (exact) mass is 784 g/mol. The number of ether oxygens (including phenoxy) is 4. The maximum Gasteiger partial charge on any atom is 0.187 e. The minimum atomic E-state index is -1.75. The highest BCUT2D eigenvalue weighted by Gasteiger charge is 2.71. The van der Waals surface area contributed by atoms with Crippen molar-refractivity contribution in [2.45, 2.75) is 192 Å². The Morgan fingerprint density at radius 3 is 1.95 bits per heavy atom. The molecule has 6 rings (SSSR count). The van der Waals surface area contributed by atoms with Crippen LogP contribution in [0.25, 0.3) is 0 Å². The Morgan fingerprint density at radius 2 is 1.33 bits per heavy atom. The van der Waals surface area contributed by atoms with Gasteiger partial charge < -0.3 is 64.9 Å². The molecule has 318 valence electrons. The highest BCUT2D eigenvalue weighted by atomic mass is 16.8. The summed E-state index contributed by atoms with van der Waals surface area (Å²) in [5, 5.41) is 97.4. The van der Waals surface area contributed by atoms with Crippen molar-refractivity contribution in [3.63, 3.8) is 0 Å². The fraction of sp³-hybridized carbons (Fsp3) is 0.952. The lowest BCUT2D eigenvalue weighted by Crippen LogP contribution is -2.68. The van der Waals surface area contributed by atoms with Gasteiger partial charge in [-0.1, -0.05) is 46.3 Å². The van der Waals surface area contributed by atoms with E-state index < -0.39 is 97.8 Å². The Bertz CT molecular complexity index is 1370. The predicted molar refractivity (Wildman–Crippen MR) is 201 cm³/mol. The first kappa shape index (κ1) is 43.8. The van der Waals surface area contributed by atoms with E-state index in [9.17, 15) is 46.0 Å². The summed E-state index contributed by atoms with van der Waals surface area (Å²) in [5.74, 6) is 0.445. The summed E-state index contributed by atoms with van der Waals surface area (Å²) in [6, 6.07) is 0. The zero-order valence-electron chi connectivity index (χ0n) is 34.3. The average molecular weight is 785 g/mol. The molecule has 20 atom stereocenters. The molecule has 0 aromatic rings. The van der Waals surface area contributed by atoms with Gasteiger partial charge in [0.2, 0.25) is 0 Å². The number of allylic oxidation sites excluding steroid dienone is 2. The van der Waals surface area contributed by atoms with Gasteiger partial charge in [-0.05, 0) is 124 Å². The Hall–Kier alpha value is -0.780. The number of fused-ring (bicyclic) bond motifs is 5. The highest BCUT2D eigenvalue weighted by molar-refractivity contribution is 5.20. The van der Waals surface area contributed by atoms with Crippen LogP contribution in [0.4, 0.5) is 0 Å². The molecule has 2 saturated heterocycles. The van der Waals surface area contributed by atoms with E-state index in [0.29, 0.717) is 19.3 Å². The number of rotatable bonds is 10. The van der Waals surface area contributed by atoms with Crippen LogP contribution in [0.3, 0.4) is 0 Å². The number of hydrogen-bond acceptors (Lipinski definition) is 13. The summed E-state index contributed by atoms with van der Waals surface area (Å²) in [7, 11) is 0. The van der Waals surface area contributed by atoms with Gasteiger partial charge in [0.25, 0.3) is 0 Å². The average Bonchev–Trinajstić information content (AvgIpc) is 3.50. The first-order chi connectivity index (χ1) is 25.6. The Labute approximate surface area is 327 Å². The van der Waals surface area contributed by atoms with E-state index in [1.54, 1.807) is 0 Å². The molecule has 6 fully saturated rings. The van der Waals surface area contributed by atoms with Crippen molar-refractivity contribution >= 4 is 0 Å². The van der Waals surface area contributed by atoms with Crippen LogP contribution in [0.5, 0.6) is 0 Å². The van der Waals surface area contributed by atoms with E-state index in [1.165, 1.54) is 5.57 Å². The van der Waals surface area contributed by atoms with Crippen molar-refractivity contribution in [2.75, 3.05) is 13.2 Å². The molecule has 4 aliphatic carbocycles. The molecule has 0 amide bonds. The smallest absolute Gasteiger partial charge is 0.187 e. The highest BCUT2D eigenvalue weighted by Crippen LogP contribution is 2.76. The largest absolute Gasteiger partial charge is 0.394 e. The molecule has 13 heteroatoms. The molecule has 9 N–H and O–H groups in total. The van der Waals surface area contributed by atoms with Gasteiger partial charge >= 0.3 is 0 Å². The summed E-state index contributed by atoms with van der Waals surface area (Å²) in [6.45, 7) is 16.5. The van der Waals surface area contributed by atoms with E-state index in [2.05, 4.69) is 54.5 Å². The normalized spacial score (nSPS) is 52.0. The minimum absolute atomic E-state index is 0.00798. The zero-order valence-corrected chi connectivity index (χ0v) is 34.3. The molecule has 0 bridgehead atoms. The third-order valence-electron chi connectivity index (χ3n) is 16.6. The Morgan fingerprint density at radius 1 is 0.727 bits per heavy atom. The molecule has 2 aliphatic heterocycles. The van der Waals surface area contributed by atoms with Crippen LogP contribution in [0.15, 0.2) is 11.6 Å². The fourth-order valence-corrected chi connectivity index (χ4v) is 13.3. The van der Waals surface area contributed by atoms with Crippen LogP contribution in [0.1, 0.15) is 113 Å². The topological polar surface area (TPSA) is 219 Å². The third kappa shape index (κ3) is 7.20. The van der Waals surface area contributed by atoms with Gasteiger partial charge in [-0.2, -0.15) is 0 Å². The molecule has 2 heterocycles. The summed E-state index contributed by atoms with van der Waals surface area (Å²) >= 11 is 0. The van der Waals surface area contributed by atoms with Gasteiger partial charge in [-0.25, -0.2) is 0 Å². The quantitative estimate of drug-likeness (QED) is 0.115. The van der Waals surface area contributed by atoms with Gasteiger partial charge in [0.1, 0.15) is 48.8 Å². The second-order valence-corrected chi connectivity index (χ2v) is 20.1. The lowest BCUT2D eigenvalue weighted by molar-refractivity contribution is -0.378. The van der Waals surface area contributed by atoms with Gasteiger partial charge in [-0.15, -0.1) is 0 Å². The van der Waals surface area contributed by atoms with Gasteiger partial charge in [0, 0.05) is 0 Å². The van der Waals surface area contributed by atoms with E-state index in [4.69, 9.17) is 18.9 Å². The van der Waals surface area contributed by atoms with Gasteiger partial charge in [-0.3, -0.25) is 0 Å². The third-order valence-corrected chi connectivity index (χ3v) is 16.6. The SMILES string of the molecule is CC(C)=CCC[C@@](C)(O)[C@H]1CC[C@]2(C)[C@@H]1[C@H](O)C[C@@H]1[C@]3(C)CC[C@@H](O[C@@H]4O[C@H](CO)[C@@H](O)[C@H](O)[C@H]4O[C@@H]4O[C@H](CO)[C@@H](O)[C@H](O)[C@H]4O)C(C)(C)[C@H]3CC[C@]12C. The second-order valence-electron chi connectivity index (χ2n) is 20.1. The van der Waals surface area contributed by atoms with Crippen molar-refractivity contribution in [3.8, 4) is 0 Å². The van der Waals surface area contributed by atoms with E-state index in [1.807, 2.05) is 6.92 Å². The molecule has 0 radical (unpaired) electrons.